The molecule has 0 bridgehead atoms. The lowest BCUT2D eigenvalue weighted by atomic mass is 10.0. The lowest BCUT2D eigenvalue weighted by Gasteiger charge is -2.22. The Balaban J connectivity index is 3.52. The summed E-state index contributed by atoms with van der Waals surface area (Å²) in [6, 6.07) is -0.566. The molecule has 0 rings (SSSR count). The molecule has 1 amide bonds. The molecule has 0 saturated heterocycles. The maximum absolute atomic E-state index is 12.4. The Labute approximate surface area is 354 Å². The molecular weight excluding hydrogens is 707 g/mol. The van der Waals surface area contributed by atoms with E-state index in [2.05, 4.69) is 43.5 Å². The third-order valence-corrected chi connectivity index (χ3v) is 11.5. The fourth-order valence-corrected chi connectivity index (χ4v) is 7.57. The van der Waals surface area contributed by atoms with Crippen molar-refractivity contribution in [3.05, 3.63) is 24.3 Å². The number of hydrogen-bond donors (Lipinski definition) is 3. The highest BCUT2D eigenvalue weighted by Gasteiger charge is 2.20. The Kier molecular flexibility index (Phi) is 45.7. The van der Waals surface area contributed by atoms with Gasteiger partial charge in [-0.05, 0) is 77.0 Å². The van der Waals surface area contributed by atoms with Crippen LogP contribution in [-0.4, -0.2) is 47.4 Å². The highest BCUT2D eigenvalue weighted by Crippen LogP contribution is 2.16. The van der Waals surface area contributed by atoms with E-state index in [0.717, 1.165) is 77.0 Å². The van der Waals surface area contributed by atoms with Crippen LogP contribution in [0.2, 0.25) is 0 Å². The molecule has 0 aromatic carbocycles. The van der Waals surface area contributed by atoms with Gasteiger partial charge in [-0.2, -0.15) is 0 Å². The monoisotopic (exact) mass is 804 g/mol. The van der Waals surface area contributed by atoms with Gasteiger partial charge in [0.15, 0.2) is 0 Å². The average Bonchev–Trinajstić information content (AvgIpc) is 3.21. The van der Waals surface area contributed by atoms with E-state index in [1.165, 1.54) is 154 Å². The molecule has 0 saturated carbocycles. The van der Waals surface area contributed by atoms with Crippen LogP contribution in [0.5, 0.6) is 0 Å². The first-order valence-electron chi connectivity index (χ1n) is 25.1. The lowest BCUT2D eigenvalue weighted by molar-refractivity contribution is -0.143. The molecule has 6 nitrogen and oxygen atoms in total. The van der Waals surface area contributed by atoms with Gasteiger partial charge in [-0.3, -0.25) is 9.59 Å². The predicted molar refractivity (Wildman–Crippen MR) is 246 cm³/mol. The molecule has 0 heterocycles. The van der Waals surface area contributed by atoms with Gasteiger partial charge < -0.3 is 20.3 Å². The van der Waals surface area contributed by atoms with Gasteiger partial charge in [-0.25, -0.2) is 0 Å². The van der Waals surface area contributed by atoms with Crippen LogP contribution in [0.15, 0.2) is 24.3 Å². The van der Waals surface area contributed by atoms with Crippen molar-refractivity contribution < 1.29 is 24.5 Å². The van der Waals surface area contributed by atoms with Gasteiger partial charge in [0.2, 0.25) is 5.91 Å². The molecule has 0 aliphatic carbocycles. The van der Waals surface area contributed by atoms with Gasteiger partial charge in [0.1, 0.15) is 0 Å². The molecule has 0 aliphatic rings. The Morgan fingerprint density at radius 1 is 0.474 bits per heavy atom. The third kappa shape index (κ3) is 43.7. The lowest BCUT2D eigenvalue weighted by Crippen LogP contribution is -2.45. The summed E-state index contributed by atoms with van der Waals surface area (Å²) in [7, 11) is 0. The van der Waals surface area contributed by atoms with Crippen LogP contribution >= 0.6 is 0 Å². The summed E-state index contributed by atoms with van der Waals surface area (Å²) in [5.74, 6) is -0.112. The number of rotatable bonds is 46. The van der Waals surface area contributed by atoms with E-state index in [9.17, 15) is 19.8 Å². The molecule has 6 heteroatoms. The van der Waals surface area contributed by atoms with E-state index in [1.54, 1.807) is 0 Å². The highest BCUT2D eigenvalue weighted by atomic mass is 16.5. The number of amides is 1. The second kappa shape index (κ2) is 47.0. The maximum Gasteiger partial charge on any atom is 0.305 e. The Morgan fingerprint density at radius 3 is 1.25 bits per heavy atom. The smallest absolute Gasteiger partial charge is 0.305 e. The van der Waals surface area contributed by atoms with E-state index in [0.29, 0.717) is 25.9 Å². The summed E-state index contributed by atoms with van der Waals surface area (Å²) >= 11 is 0. The van der Waals surface area contributed by atoms with Crippen LogP contribution < -0.4 is 5.32 Å². The van der Waals surface area contributed by atoms with E-state index < -0.39 is 12.1 Å². The SMILES string of the molecule is CCCCCCCC/C=C\CCCCCCCCCC(=O)OCCCC/C=C\CCCCCCC(=O)NC(CO)C(O)CCCCCCCCCCCCCCC. The van der Waals surface area contributed by atoms with Crippen LogP contribution in [0.25, 0.3) is 0 Å². The van der Waals surface area contributed by atoms with Crippen molar-refractivity contribution in [3.63, 3.8) is 0 Å². The van der Waals surface area contributed by atoms with Gasteiger partial charge in [-0.15, -0.1) is 0 Å². The minimum absolute atomic E-state index is 0.0400. The molecule has 0 aromatic rings. The van der Waals surface area contributed by atoms with Crippen molar-refractivity contribution in [1.82, 2.24) is 5.32 Å². The van der Waals surface area contributed by atoms with E-state index in [-0.39, 0.29) is 18.5 Å². The third-order valence-electron chi connectivity index (χ3n) is 11.5. The Morgan fingerprint density at radius 2 is 0.825 bits per heavy atom. The fraction of sp³-hybridized carbons (Fsp3) is 0.882. The van der Waals surface area contributed by atoms with Crippen molar-refractivity contribution in [2.24, 2.45) is 0 Å². The van der Waals surface area contributed by atoms with Crippen LogP contribution in [0, 0.1) is 0 Å². The van der Waals surface area contributed by atoms with Crippen LogP contribution in [0.4, 0.5) is 0 Å². The molecule has 3 N–H and O–H groups in total. The van der Waals surface area contributed by atoms with E-state index in [1.807, 2.05) is 0 Å². The number of carbonyl (C=O) groups excluding carboxylic acids is 2. The normalized spacial score (nSPS) is 12.8. The van der Waals surface area contributed by atoms with Gasteiger partial charge in [-0.1, -0.05) is 199 Å². The number of aliphatic hydroxyl groups is 2. The minimum Gasteiger partial charge on any atom is -0.466 e. The zero-order valence-corrected chi connectivity index (χ0v) is 38.1. The summed E-state index contributed by atoms with van der Waals surface area (Å²) in [6.45, 7) is 4.85. The first kappa shape index (κ1) is 55.3. The van der Waals surface area contributed by atoms with Crippen molar-refractivity contribution >= 4 is 11.9 Å². The molecule has 0 fully saturated rings. The summed E-state index contributed by atoms with van der Waals surface area (Å²) < 4.78 is 5.43. The number of nitrogens with one attached hydrogen (secondary N) is 1. The van der Waals surface area contributed by atoms with Crippen molar-refractivity contribution in [1.29, 1.82) is 0 Å². The number of hydrogen-bond acceptors (Lipinski definition) is 5. The number of aliphatic hydroxyl groups excluding tert-OH is 2. The quantitative estimate of drug-likeness (QED) is 0.0324. The second-order valence-corrected chi connectivity index (χ2v) is 17.1. The van der Waals surface area contributed by atoms with Crippen LogP contribution in [0.3, 0.4) is 0 Å². The first-order valence-corrected chi connectivity index (χ1v) is 25.1. The number of carbonyl (C=O) groups is 2. The highest BCUT2D eigenvalue weighted by molar-refractivity contribution is 5.76. The summed E-state index contributed by atoms with van der Waals surface area (Å²) in [5.41, 5.74) is 0. The molecule has 0 radical (unpaired) electrons. The molecule has 0 aliphatic heterocycles. The largest absolute Gasteiger partial charge is 0.466 e. The summed E-state index contributed by atoms with van der Waals surface area (Å²) in [4.78, 5) is 24.4. The molecule has 57 heavy (non-hydrogen) atoms. The maximum atomic E-state index is 12.4. The van der Waals surface area contributed by atoms with Gasteiger partial charge in [0, 0.05) is 12.8 Å². The molecule has 2 atom stereocenters. The van der Waals surface area contributed by atoms with E-state index >= 15 is 0 Å². The topological polar surface area (TPSA) is 95.9 Å². The molecule has 0 spiro atoms. The first-order chi connectivity index (χ1) is 28.0. The molecule has 2 unspecified atom stereocenters. The Bertz CT molecular complexity index is 889. The molecule has 336 valence electrons. The van der Waals surface area contributed by atoms with Crippen LogP contribution in [0.1, 0.15) is 264 Å². The van der Waals surface area contributed by atoms with Crippen LogP contribution in [-0.2, 0) is 14.3 Å². The summed E-state index contributed by atoms with van der Waals surface area (Å²) in [5, 5.41) is 23.1. The zero-order chi connectivity index (χ0) is 41.5. The number of allylic oxidation sites excluding steroid dienone is 4. The van der Waals surface area contributed by atoms with Crippen molar-refractivity contribution in [2.75, 3.05) is 13.2 Å². The molecule has 0 aromatic heterocycles. The van der Waals surface area contributed by atoms with Crippen molar-refractivity contribution in [3.8, 4) is 0 Å². The average molecular weight is 804 g/mol. The summed E-state index contributed by atoms with van der Waals surface area (Å²) in [6.07, 6.45) is 54.3. The zero-order valence-electron chi connectivity index (χ0n) is 38.1. The predicted octanol–water partition coefficient (Wildman–Crippen LogP) is 14.7. The minimum atomic E-state index is -0.685. The standard InChI is InChI=1S/C51H97NO5/c1-3-5-7-9-11-13-15-17-18-19-20-22-24-29-33-37-41-45-51(56)57-46-42-38-34-30-26-25-28-32-36-40-44-50(55)52-48(47-53)49(54)43-39-35-31-27-23-21-16-14-12-10-8-6-4-2/h17-18,26,30,48-49,53-54H,3-16,19-25,27-29,31-47H2,1-2H3,(H,52,55)/b18-17-,30-26-. The van der Waals surface area contributed by atoms with Gasteiger partial charge >= 0.3 is 5.97 Å². The van der Waals surface area contributed by atoms with Gasteiger partial charge in [0.25, 0.3) is 0 Å². The van der Waals surface area contributed by atoms with Crippen molar-refractivity contribution in [2.45, 2.75) is 276 Å². The van der Waals surface area contributed by atoms with E-state index in [4.69, 9.17) is 4.74 Å². The fourth-order valence-electron chi connectivity index (χ4n) is 7.57. The Hall–Kier alpha value is -1.66. The number of esters is 1. The second-order valence-electron chi connectivity index (χ2n) is 17.1. The number of unbranched alkanes of at least 4 members (excludes halogenated alkanes) is 31. The molecular formula is C51H97NO5. The van der Waals surface area contributed by atoms with Gasteiger partial charge in [0.05, 0.1) is 25.4 Å². The number of ether oxygens (including phenoxy) is 1.